The highest BCUT2D eigenvalue weighted by Crippen LogP contribution is 2.41. The Hall–Kier alpha value is -0.450. The van der Waals surface area contributed by atoms with E-state index in [1.165, 1.54) is 16.4 Å². The molecule has 0 bridgehead atoms. The van der Waals surface area contributed by atoms with E-state index >= 15 is 0 Å². The van der Waals surface area contributed by atoms with Crippen LogP contribution in [0.4, 0.5) is 0 Å². The number of alkyl halides is 1. The minimum absolute atomic E-state index is 0.511. The first-order valence-electron chi connectivity index (χ1n) is 5.18. The normalized spacial score (nSPS) is 16.7. The first-order chi connectivity index (χ1) is 7.12. The molecule has 1 aromatic rings. The quantitative estimate of drug-likeness (QED) is 0.627. The molecule has 2 nitrogen and oxygen atoms in total. The molecule has 0 fully saturated rings. The molecule has 3 heteroatoms. The van der Waals surface area contributed by atoms with Crippen LogP contribution >= 0.6 is 22.6 Å². The number of hydrogen-bond acceptors (Lipinski definition) is 2. The van der Waals surface area contributed by atoms with Crippen molar-refractivity contribution < 1.29 is 9.47 Å². The Morgan fingerprint density at radius 2 is 2.07 bits per heavy atom. The van der Waals surface area contributed by atoms with Gasteiger partial charge in [-0.1, -0.05) is 34.7 Å². The Balaban J connectivity index is 2.25. The van der Waals surface area contributed by atoms with Crippen molar-refractivity contribution >= 4 is 22.6 Å². The maximum Gasteiger partial charge on any atom is 0.246 e. The lowest BCUT2D eigenvalue weighted by atomic mass is 10.1. The van der Waals surface area contributed by atoms with Crippen LogP contribution in [0, 0.1) is 0 Å². The maximum atomic E-state index is 5.80. The lowest BCUT2D eigenvalue weighted by molar-refractivity contribution is -0.0435. The summed E-state index contributed by atoms with van der Waals surface area (Å²) in [7, 11) is 0. The van der Waals surface area contributed by atoms with Gasteiger partial charge < -0.3 is 9.47 Å². The SMILES string of the molecule is CC1(C)Oc2cccc(CCCI)c2O1. The van der Waals surface area contributed by atoms with E-state index < -0.39 is 5.79 Å². The van der Waals surface area contributed by atoms with E-state index in [9.17, 15) is 0 Å². The molecule has 0 unspecified atom stereocenters. The minimum Gasteiger partial charge on any atom is -0.449 e. The second-order valence-corrected chi connectivity index (χ2v) is 5.22. The van der Waals surface area contributed by atoms with Crippen LogP contribution in [0.3, 0.4) is 0 Å². The van der Waals surface area contributed by atoms with Gasteiger partial charge >= 0.3 is 0 Å². The topological polar surface area (TPSA) is 18.5 Å². The predicted octanol–water partition coefficient (Wildman–Crippen LogP) is 3.56. The van der Waals surface area contributed by atoms with Gasteiger partial charge in [0.05, 0.1) is 0 Å². The summed E-state index contributed by atoms with van der Waals surface area (Å²) in [6, 6.07) is 6.12. The number of fused-ring (bicyclic) bond motifs is 1. The minimum atomic E-state index is -0.511. The van der Waals surface area contributed by atoms with Crippen molar-refractivity contribution in [2.75, 3.05) is 4.43 Å². The lowest BCUT2D eigenvalue weighted by Gasteiger charge is -2.16. The molecule has 1 aliphatic heterocycles. The zero-order valence-electron chi connectivity index (χ0n) is 9.05. The van der Waals surface area contributed by atoms with Crippen LogP contribution in [-0.4, -0.2) is 10.2 Å². The summed E-state index contributed by atoms with van der Waals surface area (Å²) in [5.41, 5.74) is 1.26. The summed E-state index contributed by atoms with van der Waals surface area (Å²) in [5, 5.41) is 0. The molecule has 0 aliphatic carbocycles. The highest BCUT2D eigenvalue weighted by atomic mass is 127. The molecular weight excluding hydrogens is 303 g/mol. The molecule has 0 aromatic heterocycles. The number of rotatable bonds is 3. The van der Waals surface area contributed by atoms with E-state index in [2.05, 4.69) is 28.7 Å². The van der Waals surface area contributed by atoms with Gasteiger partial charge in [-0.15, -0.1) is 0 Å². The number of para-hydroxylation sites is 1. The van der Waals surface area contributed by atoms with E-state index in [1.807, 2.05) is 26.0 Å². The largest absolute Gasteiger partial charge is 0.449 e. The summed E-state index contributed by atoms with van der Waals surface area (Å²) in [4.78, 5) is 0. The standard InChI is InChI=1S/C12H15IO2/c1-12(2)14-10-7-3-5-9(6-4-8-13)11(10)15-12/h3,5,7H,4,6,8H2,1-2H3. The van der Waals surface area contributed by atoms with Gasteiger partial charge in [-0.05, 0) is 28.9 Å². The van der Waals surface area contributed by atoms with Gasteiger partial charge in [-0.3, -0.25) is 0 Å². The van der Waals surface area contributed by atoms with Crippen LogP contribution in [0.1, 0.15) is 25.8 Å². The lowest BCUT2D eigenvalue weighted by Crippen LogP contribution is -2.29. The molecule has 0 saturated carbocycles. The molecule has 0 amide bonds. The summed E-state index contributed by atoms with van der Waals surface area (Å²) in [6.45, 7) is 3.88. The van der Waals surface area contributed by atoms with Crippen molar-refractivity contribution in [3.05, 3.63) is 23.8 Å². The summed E-state index contributed by atoms with van der Waals surface area (Å²) >= 11 is 2.40. The fourth-order valence-corrected chi connectivity index (χ4v) is 2.12. The summed E-state index contributed by atoms with van der Waals surface area (Å²) < 4.78 is 12.7. The Bertz CT molecular complexity index is 361. The first-order valence-corrected chi connectivity index (χ1v) is 6.71. The molecule has 1 aliphatic rings. The van der Waals surface area contributed by atoms with Gasteiger partial charge in [0, 0.05) is 13.8 Å². The summed E-state index contributed by atoms with van der Waals surface area (Å²) in [5.74, 6) is 1.31. The maximum absolute atomic E-state index is 5.80. The van der Waals surface area contributed by atoms with Gasteiger partial charge in [-0.25, -0.2) is 0 Å². The fourth-order valence-electron chi connectivity index (χ4n) is 1.74. The van der Waals surface area contributed by atoms with Crippen molar-refractivity contribution in [3.63, 3.8) is 0 Å². The Kier molecular flexibility index (Phi) is 3.09. The van der Waals surface area contributed by atoms with Crippen LogP contribution in [0.5, 0.6) is 11.5 Å². The zero-order valence-corrected chi connectivity index (χ0v) is 11.2. The van der Waals surface area contributed by atoms with Gasteiger partial charge in [0.15, 0.2) is 11.5 Å². The molecule has 2 rings (SSSR count). The number of aryl methyl sites for hydroxylation is 1. The van der Waals surface area contributed by atoms with E-state index in [4.69, 9.17) is 9.47 Å². The third-order valence-electron chi connectivity index (χ3n) is 2.34. The molecule has 0 spiro atoms. The average molecular weight is 318 g/mol. The number of benzene rings is 1. The predicted molar refractivity (Wildman–Crippen MR) is 69.0 cm³/mol. The van der Waals surface area contributed by atoms with Crippen molar-refractivity contribution in [1.29, 1.82) is 0 Å². The molecular formula is C12H15IO2. The van der Waals surface area contributed by atoms with Gasteiger partial charge in [0.25, 0.3) is 0 Å². The molecule has 0 radical (unpaired) electrons. The molecule has 1 heterocycles. The highest BCUT2D eigenvalue weighted by Gasteiger charge is 2.32. The van der Waals surface area contributed by atoms with Crippen molar-refractivity contribution in [3.8, 4) is 11.5 Å². The van der Waals surface area contributed by atoms with Crippen LogP contribution < -0.4 is 9.47 Å². The second-order valence-electron chi connectivity index (χ2n) is 4.14. The van der Waals surface area contributed by atoms with Crippen LogP contribution in [0.25, 0.3) is 0 Å². The monoisotopic (exact) mass is 318 g/mol. The molecule has 0 saturated heterocycles. The van der Waals surface area contributed by atoms with Crippen molar-refractivity contribution in [1.82, 2.24) is 0 Å². The van der Waals surface area contributed by atoms with Crippen molar-refractivity contribution in [2.45, 2.75) is 32.5 Å². The third kappa shape index (κ3) is 2.38. The molecule has 0 N–H and O–H groups in total. The molecule has 0 atom stereocenters. The van der Waals surface area contributed by atoms with E-state index in [0.29, 0.717) is 0 Å². The van der Waals surface area contributed by atoms with Crippen LogP contribution in [-0.2, 0) is 6.42 Å². The first kappa shape index (κ1) is 11.0. The number of halogens is 1. The Morgan fingerprint density at radius 3 is 2.80 bits per heavy atom. The summed E-state index contributed by atoms with van der Waals surface area (Å²) in [6.07, 6.45) is 2.24. The number of ether oxygens (including phenoxy) is 2. The highest BCUT2D eigenvalue weighted by molar-refractivity contribution is 14.1. The third-order valence-corrected chi connectivity index (χ3v) is 3.11. The van der Waals surface area contributed by atoms with Gasteiger partial charge in [-0.2, -0.15) is 0 Å². The zero-order chi connectivity index (χ0) is 10.9. The molecule has 15 heavy (non-hydrogen) atoms. The van der Waals surface area contributed by atoms with E-state index in [1.54, 1.807) is 0 Å². The fraction of sp³-hybridized carbons (Fsp3) is 0.500. The smallest absolute Gasteiger partial charge is 0.246 e. The second kappa shape index (κ2) is 4.20. The van der Waals surface area contributed by atoms with Gasteiger partial charge in [0.1, 0.15) is 0 Å². The van der Waals surface area contributed by atoms with Crippen molar-refractivity contribution in [2.24, 2.45) is 0 Å². The molecule has 82 valence electrons. The molecule has 1 aromatic carbocycles. The van der Waals surface area contributed by atoms with E-state index in [-0.39, 0.29) is 0 Å². The Morgan fingerprint density at radius 1 is 1.27 bits per heavy atom. The number of hydrogen-bond donors (Lipinski definition) is 0. The van der Waals surface area contributed by atoms with Gasteiger partial charge in [0.2, 0.25) is 5.79 Å². The average Bonchev–Trinajstić information content (AvgIpc) is 2.49. The van der Waals surface area contributed by atoms with E-state index in [0.717, 1.165) is 17.9 Å². The Labute approximate surface area is 104 Å². The van der Waals surface area contributed by atoms with Crippen LogP contribution in [0.2, 0.25) is 0 Å². The van der Waals surface area contributed by atoms with Crippen LogP contribution in [0.15, 0.2) is 18.2 Å².